The monoisotopic (exact) mass is 1190 g/mol. The molecule has 83 heavy (non-hydrogen) atoms. The van der Waals surface area contributed by atoms with Crippen LogP contribution in [0.1, 0.15) is 380 Å². The second-order valence-electron chi connectivity index (χ2n) is 26.3. The predicted molar refractivity (Wildman–Crippen MR) is 356 cm³/mol. The van der Waals surface area contributed by atoms with E-state index in [-0.39, 0.29) is 32.0 Å². The predicted octanol–water partition coefficient (Wildman–Crippen LogP) is 23.0. The van der Waals surface area contributed by atoms with E-state index in [9.17, 15) is 19.0 Å². The van der Waals surface area contributed by atoms with Gasteiger partial charge in [-0.2, -0.15) is 0 Å². The number of ether oxygens (including phenoxy) is 2. The Labute approximate surface area is 517 Å². The molecule has 0 rings (SSSR count). The van der Waals surface area contributed by atoms with Gasteiger partial charge in [-0.15, -0.1) is 0 Å². The second-order valence-corrected chi connectivity index (χ2v) is 27.7. The lowest BCUT2D eigenvalue weighted by Crippen LogP contribution is -2.37. The Hall–Kier alpha value is -1.51. The highest BCUT2D eigenvalue weighted by molar-refractivity contribution is 7.45. The number of nitrogens with zero attached hydrogens (tertiary/aromatic N) is 1. The maximum Gasteiger partial charge on any atom is 0.306 e. The molecular formula is C73H142NO8P. The summed E-state index contributed by atoms with van der Waals surface area (Å²) in [6.07, 6.45) is 81.3. The lowest BCUT2D eigenvalue weighted by molar-refractivity contribution is -0.870. The molecule has 10 heteroatoms. The molecule has 0 aliphatic carbocycles. The highest BCUT2D eigenvalue weighted by atomic mass is 31.2. The third kappa shape index (κ3) is 69.5. The van der Waals surface area contributed by atoms with Gasteiger partial charge in [-0.25, -0.2) is 0 Å². The van der Waals surface area contributed by atoms with E-state index in [2.05, 4.69) is 38.2 Å². The summed E-state index contributed by atoms with van der Waals surface area (Å²) in [5.41, 5.74) is 0. The van der Waals surface area contributed by atoms with Gasteiger partial charge in [0.05, 0.1) is 27.7 Å². The van der Waals surface area contributed by atoms with Crippen molar-refractivity contribution < 1.29 is 42.1 Å². The van der Waals surface area contributed by atoms with Crippen LogP contribution in [0.5, 0.6) is 0 Å². The van der Waals surface area contributed by atoms with E-state index >= 15 is 0 Å². The average molecular weight is 1190 g/mol. The molecule has 0 amide bonds. The standard InChI is InChI=1S/C73H142NO8P/c1-6-8-10-12-14-16-18-20-22-24-26-28-30-32-34-35-36-37-38-39-40-42-44-46-48-50-52-54-56-58-60-62-64-66-73(76)82-71(70-81-83(77,78)80-68-67-74(3,4)5)69-79-72(75)65-63-61-59-57-55-53-51-49-47-45-43-41-33-31-29-27-25-23-21-19-17-15-13-11-9-7-2/h18,20,24,26,71H,6-17,19,21-23,25,27-70H2,1-5H3/b20-18-,26-24-. The van der Waals surface area contributed by atoms with Crippen LogP contribution in [-0.4, -0.2) is 70.0 Å². The summed E-state index contributed by atoms with van der Waals surface area (Å²) in [4.78, 5) is 38.1. The van der Waals surface area contributed by atoms with E-state index < -0.39 is 26.5 Å². The first kappa shape index (κ1) is 81.5. The van der Waals surface area contributed by atoms with E-state index in [4.69, 9.17) is 18.5 Å². The van der Waals surface area contributed by atoms with E-state index in [0.717, 1.165) is 38.5 Å². The molecule has 9 nitrogen and oxygen atoms in total. The summed E-state index contributed by atoms with van der Waals surface area (Å²) in [7, 11) is 1.19. The van der Waals surface area contributed by atoms with Gasteiger partial charge in [-0.05, 0) is 44.9 Å². The first-order valence-corrected chi connectivity index (χ1v) is 38.0. The van der Waals surface area contributed by atoms with Crippen LogP contribution in [0.25, 0.3) is 0 Å². The summed E-state index contributed by atoms with van der Waals surface area (Å²) in [6.45, 7) is 4.31. The topological polar surface area (TPSA) is 111 Å². The van der Waals surface area contributed by atoms with E-state index in [1.807, 2.05) is 21.1 Å². The molecule has 0 N–H and O–H groups in total. The van der Waals surface area contributed by atoms with Gasteiger partial charge < -0.3 is 27.9 Å². The number of likely N-dealkylation sites (N-methyl/N-ethyl adjacent to an activating group) is 1. The molecule has 0 aliphatic heterocycles. The summed E-state index contributed by atoms with van der Waals surface area (Å²) in [6, 6.07) is 0. The van der Waals surface area contributed by atoms with Crippen LogP contribution in [-0.2, 0) is 32.7 Å². The van der Waals surface area contributed by atoms with E-state index in [0.29, 0.717) is 17.4 Å². The molecule has 0 fully saturated rings. The molecular weight excluding hydrogens is 1050 g/mol. The average Bonchev–Trinajstić information content (AvgIpc) is 3.48. The number of quaternary nitrogens is 1. The highest BCUT2D eigenvalue weighted by Gasteiger charge is 2.22. The largest absolute Gasteiger partial charge is 0.756 e. The van der Waals surface area contributed by atoms with Crippen LogP contribution < -0.4 is 4.89 Å². The number of esters is 2. The number of carbonyl (C=O) groups is 2. The van der Waals surface area contributed by atoms with Crippen molar-refractivity contribution in [3.05, 3.63) is 24.3 Å². The number of hydrogen-bond donors (Lipinski definition) is 0. The third-order valence-corrected chi connectivity index (χ3v) is 17.7. The van der Waals surface area contributed by atoms with Crippen molar-refractivity contribution in [2.24, 2.45) is 0 Å². The van der Waals surface area contributed by atoms with E-state index in [1.54, 1.807) is 0 Å². The minimum Gasteiger partial charge on any atom is -0.756 e. The van der Waals surface area contributed by atoms with Crippen LogP contribution >= 0.6 is 7.82 Å². The third-order valence-electron chi connectivity index (χ3n) is 16.7. The van der Waals surface area contributed by atoms with Crippen LogP contribution in [0, 0.1) is 0 Å². The molecule has 0 radical (unpaired) electrons. The molecule has 2 unspecified atom stereocenters. The molecule has 0 aromatic rings. The zero-order chi connectivity index (χ0) is 60.5. The van der Waals surface area contributed by atoms with Crippen molar-refractivity contribution >= 4 is 19.8 Å². The summed E-state index contributed by atoms with van der Waals surface area (Å²) in [5, 5.41) is 0. The minimum absolute atomic E-state index is 0.0265. The normalized spacial score (nSPS) is 13.2. The van der Waals surface area contributed by atoms with Gasteiger partial charge in [0.25, 0.3) is 7.82 Å². The van der Waals surface area contributed by atoms with Crippen molar-refractivity contribution in [1.82, 2.24) is 0 Å². The molecule has 0 bridgehead atoms. The van der Waals surface area contributed by atoms with Gasteiger partial charge in [0.2, 0.25) is 0 Å². The maximum atomic E-state index is 12.9. The van der Waals surface area contributed by atoms with Gasteiger partial charge in [0, 0.05) is 12.8 Å². The molecule has 0 aliphatic rings. The number of unbranched alkanes of at least 4 members (excludes halogenated alkanes) is 51. The number of carbonyl (C=O) groups excluding carboxylic acids is 2. The fourth-order valence-electron chi connectivity index (χ4n) is 11.1. The second kappa shape index (κ2) is 64.9. The smallest absolute Gasteiger partial charge is 0.306 e. The van der Waals surface area contributed by atoms with E-state index in [1.165, 1.54) is 308 Å². The summed E-state index contributed by atoms with van der Waals surface area (Å²) in [5.74, 6) is -0.807. The number of allylic oxidation sites excluding steroid dienone is 4. The summed E-state index contributed by atoms with van der Waals surface area (Å²) < 4.78 is 34.4. The Bertz CT molecular complexity index is 1450. The van der Waals surface area contributed by atoms with Gasteiger partial charge in [0.15, 0.2) is 6.10 Å². The van der Waals surface area contributed by atoms with Crippen LogP contribution in [0.2, 0.25) is 0 Å². The van der Waals surface area contributed by atoms with Gasteiger partial charge in [-0.3, -0.25) is 14.2 Å². The first-order chi connectivity index (χ1) is 40.5. The SMILES string of the molecule is CCCCCCC/C=C\C/C=C\CCCCCCCCCCCCCCCCCCCCCCCC(=O)OC(COC(=O)CCCCCCCCCCCCCCCCCCCCCCCCCCCC)COP(=O)([O-])OCC[N+](C)(C)C. The fraction of sp³-hybridized carbons (Fsp3) is 0.918. The van der Waals surface area contributed by atoms with Gasteiger partial charge in [0.1, 0.15) is 19.8 Å². The van der Waals surface area contributed by atoms with Gasteiger partial charge >= 0.3 is 11.9 Å². The van der Waals surface area contributed by atoms with Gasteiger partial charge in [-0.1, -0.05) is 346 Å². The molecule has 0 saturated heterocycles. The Morgan fingerprint density at radius 1 is 0.373 bits per heavy atom. The quantitative estimate of drug-likeness (QED) is 0.0195. The lowest BCUT2D eigenvalue weighted by atomic mass is 10.0. The van der Waals surface area contributed by atoms with Crippen molar-refractivity contribution in [2.75, 3.05) is 47.5 Å². The van der Waals surface area contributed by atoms with Crippen molar-refractivity contribution in [1.29, 1.82) is 0 Å². The fourth-order valence-corrected chi connectivity index (χ4v) is 11.8. The van der Waals surface area contributed by atoms with Crippen LogP contribution in [0.3, 0.4) is 0 Å². The number of rotatable bonds is 69. The Balaban J connectivity index is 3.96. The molecule has 0 aromatic heterocycles. The number of phosphoric acid groups is 1. The zero-order valence-electron chi connectivity index (χ0n) is 56.2. The van der Waals surface area contributed by atoms with Crippen LogP contribution in [0.4, 0.5) is 0 Å². The number of hydrogen-bond acceptors (Lipinski definition) is 8. The lowest BCUT2D eigenvalue weighted by Gasteiger charge is -2.28. The first-order valence-electron chi connectivity index (χ1n) is 36.5. The molecule has 0 saturated carbocycles. The molecule has 0 heterocycles. The van der Waals surface area contributed by atoms with Crippen LogP contribution in [0.15, 0.2) is 24.3 Å². The zero-order valence-corrected chi connectivity index (χ0v) is 57.1. The van der Waals surface area contributed by atoms with Crippen molar-refractivity contribution in [3.8, 4) is 0 Å². The Morgan fingerprint density at radius 2 is 0.651 bits per heavy atom. The Morgan fingerprint density at radius 3 is 0.952 bits per heavy atom. The van der Waals surface area contributed by atoms with Crippen molar-refractivity contribution in [3.63, 3.8) is 0 Å². The number of phosphoric ester groups is 1. The molecule has 0 spiro atoms. The highest BCUT2D eigenvalue weighted by Crippen LogP contribution is 2.38. The van der Waals surface area contributed by atoms with Crippen molar-refractivity contribution in [2.45, 2.75) is 386 Å². The molecule has 2 atom stereocenters. The molecule has 492 valence electrons. The minimum atomic E-state index is -4.64. The molecule has 0 aromatic carbocycles. The summed E-state index contributed by atoms with van der Waals surface area (Å²) >= 11 is 0. The Kier molecular flexibility index (Phi) is 63.8. The maximum absolute atomic E-state index is 12.9.